The summed E-state index contributed by atoms with van der Waals surface area (Å²) in [4.78, 5) is 0. The van der Waals surface area contributed by atoms with Crippen molar-refractivity contribution in [3.8, 4) is 11.5 Å². The summed E-state index contributed by atoms with van der Waals surface area (Å²) < 4.78 is 5.59. The monoisotopic (exact) mass is 278 g/mol. The minimum absolute atomic E-state index is 0.000282. The van der Waals surface area contributed by atoms with Gasteiger partial charge in [-0.3, -0.25) is 0 Å². The summed E-state index contributed by atoms with van der Waals surface area (Å²) in [6.07, 6.45) is 0. The molecule has 1 atom stereocenters. The van der Waals surface area contributed by atoms with Crippen LogP contribution in [0.15, 0.2) is 48.5 Å². The number of phenols is 1. The molecular formula is C15H15ClO3. The molecule has 0 heterocycles. The maximum absolute atomic E-state index is 9.42. The molecule has 0 aliphatic rings. The highest BCUT2D eigenvalue weighted by atomic mass is 35.5. The van der Waals surface area contributed by atoms with Crippen LogP contribution >= 0.6 is 11.6 Å². The zero-order chi connectivity index (χ0) is 13.7. The number of aliphatic hydroxyl groups excluding tert-OH is 1. The van der Waals surface area contributed by atoms with Crippen molar-refractivity contribution in [2.75, 3.05) is 13.2 Å². The van der Waals surface area contributed by atoms with Gasteiger partial charge in [0.05, 0.1) is 13.2 Å². The standard InChI is InChI=1S/C15H15ClO3/c16-13-3-1-11(2-4-13)12(9-17)10-19-15-7-5-14(18)6-8-15/h1-8,12,17-18H,9-10H2. The molecule has 19 heavy (non-hydrogen) atoms. The van der Waals surface area contributed by atoms with Gasteiger partial charge in [0.1, 0.15) is 11.5 Å². The van der Waals surface area contributed by atoms with E-state index >= 15 is 0 Å². The molecule has 0 aliphatic heterocycles. The predicted octanol–water partition coefficient (Wildman–Crippen LogP) is 3.20. The summed E-state index contributed by atoms with van der Waals surface area (Å²) >= 11 is 5.83. The van der Waals surface area contributed by atoms with Gasteiger partial charge in [0.2, 0.25) is 0 Å². The van der Waals surface area contributed by atoms with Gasteiger partial charge < -0.3 is 14.9 Å². The molecule has 0 aliphatic carbocycles. The van der Waals surface area contributed by atoms with E-state index in [1.54, 1.807) is 36.4 Å². The van der Waals surface area contributed by atoms with E-state index in [0.29, 0.717) is 17.4 Å². The third kappa shape index (κ3) is 3.88. The number of benzene rings is 2. The Morgan fingerprint density at radius 3 is 2.21 bits per heavy atom. The number of aliphatic hydroxyl groups is 1. The Morgan fingerprint density at radius 1 is 1.00 bits per heavy atom. The fraction of sp³-hybridized carbons (Fsp3) is 0.200. The van der Waals surface area contributed by atoms with Gasteiger partial charge in [-0.2, -0.15) is 0 Å². The van der Waals surface area contributed by atoms with E-state index in [2.05, 4.69) is 0 Å². The van der Waals surface area contributed by atoms with E-state index in [4.69, 9.17) is 16.3 Å². The molecule has 0 bridgehead atoms. The Morgan fingerprint density at radius 2 is 1.63 bits per heavy atom. The highest BCUT2D eigenvalue weighted by molar-refractivity contribution is 6.30. The second-order valence-corrected chi connectivity index (χ2v) is 4.67. The highest BCUT2D eigenvalue weighted by Crippen LogP contribution is 2.21. The third-order valence-corrected chi connectivity index (χ3v) is 3.10. The molecule has 0 spiro atoms. The van der Waals surface area contributed by atoms with Crippen LogP contribution < -0.4 is 4.74 Å². The number of hydrogen-bond donors (Lipinski definition) is 2. The van der Waals surface area contributed by atoms with Crippen molar-refractivity contribution in [1.29, 1.82) is 0 Å². The van der Waals surface area contributed by atoms with Crippen LogP contribution in [0.1, 0.15) is 11.5 Å². The molecule has 2 rings (SSSR count). The first-order valence-corrected chi connectivity index (χ1v) is 6.35. The van der Waals surface area contributed by atoms with Gasteiger partial charge in [0.25, 0.3) is 0 Å². The minimum Gasteiger partial charge on any atom is -0.508 e. The predicted molar refractivity (Wildman–Crippen MR) is 74.9 cm³/mol. The van der Waals surface area contributed by atoms with Gasteiger partial charge in [-0.25, -0.2) is 0 Å². The van der Waals surface area contributed by atoms with Gasteiger partial charge in [0, 0.05) is 10.9 Å². The Hall–Kier alpha value is -1.71. The fourth-order valence-corrected chi connectivity index (χ4v) is 1.85. The molecule has 0 radical (unpaired) electrons. The summed E-state index contributed by atoms with van der Waals surface area (Å²) in [5, 5.41) is 19.3. The SMILES string of the molecule is OCC(COc1ccc(O)cc1)c1ccc(Cl)cc1. The lowest BCUT2D eigenvalue weighted by Crippen LogP contribution is -2.14. The molecule has 0 saturated carbocycles. The molecule has 0 amide bonds. The molecule has 0 saturated heterocycles. The van der Waals surface area contributed by atoms with E-state index in [1.807, 2.05) is 12.1 Å². The topological polar surface area (TPSA) is 49.7 Å². The number of halogens is 1. The van der Waals surface area contributed by atoms with E-state index in [-0.39, 0.29) is 18.3 Å². The van der Waals surface area contributed by atoms with Crippen LogP contribution in [0.4, 0.5) is 0 Å². The van der Waals surface area contributed by atoms with Gasteiger partial charge in [-0.1, -0.05) is 23.7 Å². The first-order valence-electron chi connectivity index (χ1n) is 5.97. The molecule has 1 unspecified atom stereocenters. The smallest absolute Gasteiger partial charge is 0.119 e. The largest absolute Gasteiger partial charge is 0.508 e. The zero-order valence-corrected chi connectivity index (χ0v) is 11.0. The van der Waals surface area contributed by atoms with Gasteiger partial charge in [0.15, 0.2) is 0 Å². The number of aromatic hydroxyl groups is 1. The maximum atomic E-state index is 9.42. The van der Waals surface area contributed by atoms with Crippen LogP contribution in [0.3, 0.4) is 0 Å². The number of rotatable bonds is 5. The van der Waals surface area contributed by atoms with Crippen molar-refractivity contribution in [2.24, 2.45) is 0 Å². The van der Waals surface area contributed by atoms with Gasteiger partial charge >= 0.3 is 0 Å². The Kier molecular flexibility index (Phi) is 4.66. The maximum Gasteiger partial charge on any atom is 0.119 e. The molecule has 2 N–H and O–H groups in total. The lowest BCUT2D eigenvalue weighted by molar-refractivity contribution is 0.205. The molecule has 2 aromatic carbocycles. The number of hydrogen-bond acceptors (Lipinski definition) is 3. The normalized spacial score (nSPS) is 12.1. The molecule has 2 aromatic rings. The van der Waals surface area contributed by atoms with Crippen molar-refractivity contribution in [3.63, 3.8) is 0 Å². The average molecular weight is 279 g/mol. The zero-order valence-electron chi connectivity index (χ0n) is 10.3. The highest BCUT2D eigenvalue weighted by Gasteiger charge is 2.11. The van der Waals surface area contributed by atoms with Crippen LogP contribution in [-0.4, -0.2) is 23.4 Å². The summed E-state index contributed by atoms with van der Waals surface area (Å²) in [6.45, 7) is 0.364. The van der Waals surface area contributed by atoms with Crippen molar-refractivity contribution in [2.45, 2.75) is 5.92 Å². The molecule has 3 nitrogen and oxygen atoms in total. The fourth-order valence-electron chi connectivity index (χ4n) is 1.73. The van der Waals surface area contributed by atoms with Crippen molar-refractivity contribution in [3.05, 3.63) is 59.1 Å². The third-order valence-electron chi connectivity index (χ3n) is 2.85. The van der Waals surface area contributed by atoms with Crippen LogP contribution in [0.2, 0.25) is 5.02 Å². The molecule has 100 valence electrons. The first-order chi connectivity index (χ1) is 9.19. The van der Waals surface area contributed by atoms with Gasteiger partial charge in [-0.15, -0.1) is 0 Å². The lowest BCUT2D eigenvalue weighted by Gasteiger charge is -2.16. The second-order valence-electron chi connectivity index (χ2n) is 4.24. The average Bonchev–Trinajstić information content (AvgIpc) is 2.43. The lowest BCUT2D eigenvalue weighted by atomic mass is 10.0. The summed E-state index contributed by atoms with van der Waals surface area (Å²) in [5.41, 5.74) is 0.977. The number of phenolic OH excluding ortho intramolecular Hbond substituents is 1. The van der Waals surface area contributed by atoms with Crippen molar-refractivity contribution < 1.29 is 14.9 Å². The minimum atomic E-state index is -0.105. The van der Waals surface area contributed by atoms with E-state index in [9.17, 15) is 10.2 Å². The van der Waals surface area contributed by atoms with Gasteiger partial charge in [-0.05, 0) is 42.0 Å². The Balaban J connectivity index is 1.99. The summed E-state index contributed by atoms with van der Waals surface area (Å²) in [5.74, 6) is 0.750. The molecule has 4 heteroatoms. The van der Waals surface area contributed by atoms with E-state index in [1.165, 1.54) is 0 Å². The molecule has 0 fully saturated rings. The second kappa shape index (κ2) is 6.45. The van der Waals surface area contributed by atoms with Crippen LogP contribution in [0.25, 0.3) is 0 Å². The van der Waals surface area contributed by atoms with E-state index < -0.39 is 0 Å². The number of ether oxygens (including phenoxy) is 1. The molecular weight excluding hydrogens is 264 g/mol. The Bertz CT molecular complexity index is 508. The summed E-state index contributed by atoms with van der Waals surface area (Å²) in [7, 11) is 0. The Labute approximate surface area is 117 Å². The van der Waals surface area contributed by atoms with Crippen LogP contribution in [0.5, 0.6) is 11.5 Å². The van der Waals surface area contributed by atoms with Crippen LogP contribution in [0, 0.1) is 0 Å². The van der Waals surface area contributed by atoms with Crippen molar-refractivity contribution >= 4 is 11.6 Å². The van der Waals surface area contributed by atoms with Crippen LogP contribution in [-0.2, 0) is 0 Å². The summed E-state index contributed by atoms with van der Waals surface area (Å²) in [6, 6.07) is 13.8. The molecule has 0 aromatic heterocycles. The first kappa shape index (κ1) is 13.7. The quantitative estimate of drug-likeness (QED) is 0.883. The van der Waals surface area contributed by atoms with Crippen molar-refractivity contribution in [1.82, 2.24) is 0 Å². The van der Waals surface area contributed by atoms with E-state index in [0.717, 1.165) is 5.56 Å².